The topological polar surface area (TPSA) is 77.8 Å². The first-order valence-corrected chi connectivity index (χ1v) is 6.88. The fourth-order valence-corrected chi connectivity index (χ4v) is 1.79. The van der Waals surface area contributed by atoms with Gasteiger partial charge in [0, 0.05) is 23.1 Å². The third-order valence-corrected chi connectivity index (χ3v) is 2.93. The summed E-state index contributed by atoms with van der Waals surface area (Å²) in [4.78, 5) is 11.0. The molecule has 0 aliphatic rings. The van der Waals surface area contributed by atoms with Gasteiger partial charge in [-0.2, -0.15) is 0 Å². The number of hydrogen-bond donors (Lipinski definition) is 3. The molecule has 0 atom stereocenters. The number of aromatic carboxylic acids is 1. The Balaban J connectivity index is 2.18. The largest absolute Gasteiger partial charge is 0.507 e. The first-order valence-electron chi connectivity index (χ1n) is 6.88. The minimum atomic E-state index is -1.20. The van der Waals surface area contributed by atoms with Crippen LogP contribution in [0.1, 0.15) is 33.5 Å². The minimum absolute atomic E-state index is 0.0432. The highest BCUT2D eigenvalue weighted by atomic mass is 16.4. The number of aromatic hydroxyl groups is 1. The Labute approximate surface area is 134 Å². The molecule has 4 nitrogen and oxygen atoms in total. The molecule has 0 bridgehead atoms. The number of hydrogen-bond acceptors (Lipinski definition) is 3. The van der Waals surface area contributed by atoms with E-state index in [1.54, 1.807) is 6.07 Å². The lowest BCUT2D eigenvalue weighted by atomic mass is 10.1. The first kappa shape index (κ1) is 16.2. The van der Waals surface area contributed by atoms with Gasteiger partial charge in [-0.1, -0.05) is 23.7 Å². The molecule has 4 heteroatoms. The van der Waals surface area contributed by atoms with Crippen LogP contribution in [0.4, 0.5) is 0 Å². The second-order valence-corrected chi connectivity index (χ2v) is 4.64. The van der Waals surface area contributed by atoms with Gasteiger partial charge in [0.25, 0.3) is 0 Å². The quantitative estimate of drug-likeness (QED) is 0.744. The van der Waals surface area contributed by atoms with Gasteiger partial charge in [-0.3, -0.25) is 0 Å². The summed E-state index contributed by atoms with van der Waals surface area (Å²) in [5, 5.41) is 27.1. The van der Waals surface area contributed by atoms with Crippen molar-refractivity contribution in [3.8, 4) is 29.4 Å². The monoisotopic (exact) mass is 306 g/mol. The van der Waals surface area contributed by atoms with Gasteiger partial charge >= 0.3 is 5.97 Å². The van der Waals surface area contributed by atoms with Crippen LogP contribution in [-0.2, 0) is 0 Å². The van der Waals surface area contributed by atoms with E-state index in [9.17, 15) is 9.90 Å². The van der Waals surface area contributed by atoms with Crippen LogP contribution in [0, 0.1) is 23.7 Å². The smallest absolute Gasteiger partial charge is 0.339 e. The summed E-state index contributed by atoms with van der Waals surface area (Å²) < 4.78 is 0. The zero-order chi connectivity index (χ0) is 16.7. The zero-order valence-electron chi connectivity index (χ0n) is 12.2. The number of carboxylic acid groups (broad SMARTS) is 1. The van der Waals surface area contributed by atoms with Crippen LogP contribution in [-0.4, -0.2) is 27.9 Å². The normalized spacial score (nSPS) is 9.26. The molecule has 0 aliphatic heterocycles. The van der Waals surface area contributed by atoms with Crippen molar-refractivity contribution in [1.82, 2.24) is 0 Å². The van der Waals surface area contributed by atoms with Crippen molar-refractivity contribution >= 4 is 5.97 Å². The second kappa shape index (κ2) is 7.70. The SMILES string of the molecule is O=C(O)c1cc(C#Cc2ccc(C#CCCO)cc2)ccc1O. The molecule has 2 rings (SSSR count). The molecule has 23 heavy (non-hydrogen) atoms. The van der Waals surface area contributed by atoms with Crippen LogP contribution >= 0.6 is 0 Å². The van der Waals surface area contributed by atoms with Crippen LogP contribution in [0.5, 0.6) is 5.75 Å². The number of aliphatic hydroxyl groups excluding tert-OH is 1. The Hall–Kier alpha value is -3.21. The van der Waals surface area contributed by atoms with Crippen molar-refractivity contribution in [2.75, 3.05) is 6.61 Å². The van der Waals surface area contributed by atoms with E-state index in [2.05, 4.69) is 23.7 Å². The van der Waals surface area contributed by atoms with Crippen molar-refractivity contribution in [2.45, 2.75) is 6.42 Å². The summed E-state index contributed by atoms with van der Waals surface area (Å²) in [6, 6.07) is 11.5. The molecule has 0 unspecified atom stereocenters. The third kappa shape index (κ3) is 4.64. The molecule has 0 fully saturated rings. The molecule has 0 aromatic heterocycles. The summed E-state index contributed by atoms with van der Waals surface area (Å²) in [5.74, 6) is 10.1. The molecule has 0 heterocycles. The molecular weight excluding hydrogens is 292 g/mol. The molecule has 0 saturated heterocycles. The molecular formula is C19H14O4. The Morgan fingerprint density at radius 3 is 2.09 bits per heavy atom. The fraction of sp³-hybridized carbons (Fsp3) is 0.105. The molecule has 114 valence electrons. The third-order valence-electron chi connectivity index (χ3n) is 2.93. The number of phenols is 1. The minimum Gasteiger partial charge on any atom is -0.507 e. The van der Waals surface area contributed by atoms with Gasteiger partial charge in [0.05, 0.1) is 6.61 Å². The summed E-state index contributed by atoms with van der Waals surface area (Å²) in [6.45, 7) is 0.0432. The van der Waals surface area contributed by atoms with E-state index in [0.717, 1.165) is 11.1 Å². The molecule has 2 aromatic rings. The van der Waals surface area contributed by atoms with Crippen molar-refractivity contribution < 1.29 is 20.1 Å². The van der Waals surface area contributed by atoms with Crippen LogP contribution in [0.25, 0.3) is 0 Å². The lowest BCUT2D eigenvalue weighted by Gasteiger charge is -1.99. The maximum atomic E-state index is 11.0. The maximum absolute atomic E-state index is 11.0. The van der Waals surface area contributed by atoms with Gasteiger partial charge in [0.15, 0.2) is 0 Å². The van der Waals surface area contributed by atoms with E-state index in [-0.39, 0.29) is 17.9 Å². The molecule has 3 N–H and O–H groups in total. The predicted octanol–water partition coefficient (Wildman–Crippen LogP) is 2.22. The Morgan fingerprint density at radius 2 is 1.48 bits per heavy atom. The lowest BCUT2D eigenvalue weighted by Crippen LogP contribution is -1.97. The van der Waals surface area contributed by atoms with Gasteiger partial charge in [-0.15, -0.1) is 0 Å². The average molecular weight is 306 g/mol. The summed E-state index contributed by atoms with van der Waals surface area (Å²) in [7, 11) is 0. The summed E-state index contributed by atoms with van der Waals surface area (Å²) in [6.07, 6.45) is 0.439. The van der Waals surface area contributed by atoms with Gasteiger partial charge in [-0.05, 0) is 42.5 Å². The average Bonchev–Trinajstić information content (AvgIpc) is 2.55. The van der Waals surface area contributed by atoms with E-state index in [0.29, 0.717) is 12.0 Å². The Morgan fingerprint density at radius 1 is 0.913 bits per heavy atom. The van der Waals surface area contributed by atoms with Crippen LogP contribution < -0.4 is 0 Å². The summed E-state index contributed by atoms with van der Waals surface area (Å²) in [5.41, 5.74) is 1.93. The van der Waals surface area contributed by atoms with E-state index in [1.165, 1.54) is 12.1 Å². The van der Waals surface area contributed by atoms with Gasteiger partial charge in [0.1, 0.15) is 11.3 Å². The maximum Gasteiger partial charge on any atom is 0.339 e. The van der Waals surface area contributed by atoms with Crippen LogP contribution in [0.3, 0.4) is 0 Å². The van der Waals surface area contributed by atoms with Crippen molar-refractivity contribution in [3.63, 3.8) is 0 Å². The molecule has 0 amide bonds. The molecule has 2 aromatic carbocycles. The first-order chi connectivity index (χ1) is 11.1. The van der Waals surface area contributed by atoms with E-state index in [1.807, 2.05) is 24.3 Å². The van der Waals surface area contributed by atoms with Gasteiger partial charge < -0.3 is 15.3 Å². The standard InChI is InChI=1S/C19H14O4/c20-12-2-1-3-14-4-6-15(7-5-14)8-9-16-10-11-18(21)17(13-16)19(22)23/h4-7,10-11,13,20-21H,2,12H2,(H,22,23). The highest BCUT2D eigenvalue weighted by molar-refractivity contribution is 5.91. The molecule has 0 saturated carbocycles. The van der Waals surface area contributed by atoms with Gasteiger partial charge in [-0.25, -0.2) is 4.79 Å². The Kier molecular flexibility index (Phi) is 5.41. The fourth-order valence-electron chi connectivity index (χ4n) is 1.79. The van der Waals surface area contributed by atoms with E-state index >= 15 is 0 Å². The van der Waals surface area contributed by atoms with E-state index in [4.69, 9.17) is 10.2 Å². The highest BCUT2D eigenvalue weighted by Gasteiger charge is 2.08. The molecule has 0 spiro atoms. The number of carboxylic acids is 1. The van der Waals surface area contributed by atoms with Crippen molar-refractivity contribution in [1.29, 1.82) is 0 Å². The predicted molar refractivity (Wildman–Crippen MR) is 86.1 cm³/mol. The van der Waals surface area contributed by atoms with Gasteiger partial charge in [0.2, 0.25) is 0 Å². The van der Waals surface area contributed by atoms with Crippen molar-refractivity contribution in [2.24, 2.45) is 0 Å². The van der Waals surface area contributed by atoms with Crippen LogP contribution in [0.2, 0.25) is 0 Å². The Bertz CT molecular complexity index is 828. The molecule has 0 radical (unpaired) electrons. The number of aliphatic hydroxyl groups is 1. The van der Waals surface area contributed by atoms with Crippen molar-refractivity contribution in [3.05, 3.63) is 64.7 Å². The highest BCUT2D eigenvalue weighted by Crippen LogP contribution is 2.18. The molecule has 0 aliphatic carbocycles. The number of benzene rings is 2. The number of carbonyl (C=O) groups is 1. The summed E-state index contributed by atoms with van der Waals surface area (Å²) >= 11 is 0. The van der Waals surface area contributed by atoms with Crippen LogP contribution in [0.15, 0.2) is 42.5 Å². The lowest BCUT2D eigenvalue weighted by molar-refractivity contribution is 0.0693. The number of rotatable bonds is 2. The zero-order valence-corrected chi connectivity index (χ0v) is 12.2. The van der Waals surface area contributed by atoms with E-state index < -0.39 is 5.97 Å². The second-order valence-electron chi connectivity index (χ2n) is 4.64.